The van der Waals surface area contributed by atoms with Crippen molar-refractivity contribution >= 4 is 18.2 Å². The van der Waals surface area contributed by atoms with Crippen LogP contribution in [0.2, 0.25) is 0 Å². The van der Waals surface area contributed by atoms with Crippen molar-refractivity contribution in [3.63, 3.8) is 0 Å². The van der Waals surface area contributed by atoms with Gasteiger partial charge in [0.1, 0.15) is 24.0 Å². The van der Waals surface area contributed by atoms with E-state index in [1.807, 2.05) is 25.1 Å². The Balaban J connectivity index is 0.00000176. The lowest BCUT2D eigenvalue weighted by Gasteiger charge is -2.16. The highest BCUT2D eigenvalue weighted by Gasteiger charge is 2.20. The molecule has 0 unspecified atom stereocenters. The maximum atomic E-state index is 14.5. The first-order chi connectivity index (χ1) is 10.2. The molecule has 1 aromatic heterocycles. The fourth-order valence-corrected chi connectivity index (χ4v) is 2.60. The smallest absolute Gasteiger partial charge is 0.134 e. The minimum atomic E-state index is -0.295. The number of halogens is 2. The molecule has 0 fully saturated rings. The van der Waals surface area contributed by atoms with E-state index in [-0.39, 0.29) is 18.2 Å². The van der Waals surface area contributed by atoms with Gasteiger partial charge in [-0.3, -0.25) is 0 Å². The fraction of sp³-hybridized carbons (Fsp3) is 0.235. The molecule has 5 heteroatoms. The number of rotatable bonds is 2. The van der Waals surface area contributed by atoms with E-state index >= 15 is 0 Å². The molecule has 0 radical (unpaired) electrons. The molecule has 3 rings (SSSR count). The highest BCUT2D eigenvalue weighted by molar-refractivity contribution is 5.85. The van der Waals surface area contributed by atoms with Crippen molar-refractivity contribution in [1.29, 1.82) is 0 Å². The van der Waals surface area contributed by atoms with Crippen molar-refractivity contribution in [2.24, 2.45) is 0 Å². The molecule has 0 spiro atoms. The SMILES string of the molecule is CCc1nc(N)ccc1-c1c(F)ccc2c1OCC=CC2.Cl. The average molecular weight is 321 g/mol. The first-order valence-electron chi connectivity index (χ1n) is 7.05. The molecule has 1 aliphatic rings. The normalized spacial score (nSPS) is 12.8. The van der Waals surface area contributed by atoms with Crippen LogP contribution in [0.25, 0.3) is 11.1 Å². The molecule has 1 aliphatic heterocycles. The second-order valence-corrected chi connectivity index (χ2v) is 4.98. The van der Waals surface area contributed by atoms with Crippen LogP contribution in [0.5, 0.6) is 5.75 Å². The molecule has 0 saturated carbocycles. The Morgan fingerprint density at radius 3 is 2.82 bits per heavy atom. The van der Waals surface area contributed by atoms with Crippen LogP contribution in [-0.2, 0) is 12.8 Å². The van der Waals surface area contributed by atoms with Crippen LogP contribution >= 0.6 is 12.4 Å². The zero-order valence-electron chi connectivity index (χ0n) is 12.3. The second kappa shape index (κ2) is 6.79. The maximum Gasteiger partial charge on any atom is 0.134 e. The number of nitrogen functional groups attached to an aromatic ring is 1. The number of hydrogen-bond acceptors (Lipinski definition) is 3. The van der Waals surface area contributed by atoms with Crippen LogP contribution in [-0.4, -0.2) is 11.6 Å². The van der Waals surface area contributed by atoms with Crippen LogP contribution in [0.15, 0.2) is 36.4 Å². The van der Waals surface area contributed by atoms with Gasteiger partial charge in [-0.05, 0) is 36.6 Å². The molecule has 22 heavy (non-hydrogen) atoms. The molecule has 0 bridgehead atoms. The average Bonchev–Trinajstić information content (AvgIpc) is 2.73. The van der Waals surface area contributed by atoms with Gasteiger partial charge in [0.2, 0.25) is 0 Å². The largest absolute Gasteiger partial charge is 0.488 e. The zero-order valence-corrected chi connectivity index (χ0v) is 13.1. The van der Waals surface area contributed by atoms with Crippen molar-refractivity contribution < 1.29 is 9.13 Å². The Kier molecular flexibility index (Phi) is 5.03. The molecule has 2 N–H and O–H groups in total. The number of nitrogens with zero attached hydrogens (tertiary/aromatic N) is 1. The van der Waals surface area contributed by atoms with Gasteiger partial charge < -0.3 is 10.5 Å². The Bertz CT molecular complexity index is 716. The number of hydrogen-bond donors (Lipinski definition) is 1. The highest BCUT2D eigenvalue weighted by atomic mass is 35.5. The molecule has 116 valence electrons. The van der Waals surface area contributed by atoms with Gasteiger partial charge in [0.05, 0.1) is 11.3 Å². The molecular formula is C17H18ClFN2O. The summed E-state index contributed by atoms with van der Waals surface area (Å²) in [5.41, 5.74) is 8.74. The third kappa shape index (κ3) is 2.92. The maximum absolute atomic E-state index is 14.5. The summed E-state index contributed by atoms with van der Waals surface area (Å²) in [7, 11) is 0. The summed E-state index contributed by atoms with van der Waals surface area (Å²) in [6.07, 6.45) is 5.41. The summed E-state index contributed by atoms with van der Waals surface area (Å²) in [6.45, 7) is 2.43. The van der Waals surface area contributed by atoms with Crippen LogP contribution in [0, 0.1) is 5.82 Å². The lowest BCUT2D eigenvalue weighted by Crippen LogP contribution is -2.03. The van der Waals surface area contributed by atoms with E-state index < -0.39 is 0 Å². The number of nitrogens with two attached hydrogens (primary N) is 1. The van der Waals surface area contributed by atoms with E-state index in [2.05, 4.69) is 4.98 Å². The molecule has 2 heterocycles. The van der Waals surface area contributed by atoms with E-state index in [1.54, 1.807) is 12.1 Å². The number of aryl methyl sites for hydroxylation is 1. The predicted octanol–water partition coefficient (Wildman–Crippen LogP) is 3.95. The number of fused-ring (bicyclic) bond motifs is 1. The Morgan fingerprint density at radius 1 is 1.23 bits per heavy atom. The van der Waals surface area contributed by atoms with Gasteiger partial charge in [-0.1, -0.05) is 25.1 Å². The Morgan fingerprint density at radius 2 is 2.05 bits per heavy atom. The van der Waals surface area contributed by atoms with Crippen LogP contribution < -0.4 is 10.5 Å². The molecule has 0 aliphatic carbocycles. The minimum Gasteiger partial charge on any atom is -0.488 e. The first kappa shape index (κ1) is 16.3. The summed E-state index contributed by atoms with van der Waals surface area (Å²) in [4.78, 5) is 4.32. The Hall–Kier alpha value is -2.07. The number of pyridine rings is 1. The van der Waals surface area contributed by atoms with Gasteiger partial charge in [-0.2, -0.15) is 0 Å². The number of benzene rings is 1. The number of allylic oxidation sites excluding steroid dienone is 1. The monoisotopic (exact) mass is 320 g/mol. The van der Waals surface area contributed by atoms with Gasteiger partial charge in [0.25, 0.3) is 0 Å². The lowest BCUT2D eigenvalue weighted by atomic mass is 9.97. The lowest BCUT2D eigenvalue weighted by molar-refractivity contribution is 0.362. The zero-order chi connectivity index (χ0) is 14.8. The van der Waals surface area contributed by atoms with Crippen molar-refractivity contribution in [2.75, 3.05) is 12.3 Å². The molecular weight excluding hydrogens is 303 g/mol. The third-order valence-corrected chi connectivity index (χ3v) is 3.62. The van der Waals surface area contributed by atoms with Gasteiger partial charge in [-0.25, -0.2) is 9.37 Å². The molecule has 3 nitrogen and oxygen atoms in total. The van der Waals surface area contributed by atoms with E-state index in [0.717, 1.165) is 23.2 Å². The summed E-state index contributed by atoms with van der Waals surface area (Å²) < 4.78 is 20.2. The minimum absolute atomic E-state index is 0. The summed E-state index contributed by atoms with van der Waals surface area (Å²) in [5, 5.41) is 0. The van der Waals surface area contributed by atoms with Crippen LogP contribution in [0.4, 0.5) is 10.2 Å². The van der Waals surface area contributed by atoms with Crippen LogP contribution in [0.1, 0.15) is 18.2 Å². The fourth-order valence-electron chi connectivity index (χ4n) is 2.60. The molecule has 2 aromatic rings. The van der Waals surface area contributed by atoms with Crippen molar-refractivity contribution in [2.45, 2.75) is 19.8 Å². The Labute approximate surface area is 135 Å². The van der Waals surface area contributed by atoms with E-state index in [0.29, 0.717) is 30.2 Å². The summed E-state index contributed by atoms with van der Waals surface area (Å²) >= 11 is 0. The molecule has 1 aromatic carbocycles. The molecule has 0 atom stereocenters. The summed E-state index contributed by atoms with van der Waals surface area (Å²) in [5.74, 6) is 0.763. The number of ether oxygens (including phenoxy) is 1. The van der Waals surface area contributed by atoms with E-state index in [4.69, 9.17) is 10.5 Å². The predicted molar refractivity (Wildman–Crippen MR) is 89.0 cm³/mol. The molecule has 0 amide bonds. The second-order valence-electron chi connectivity index (χ2n) is 4.98. The topological polar surface area (TPSA) is 48.1 Å². The first-order valence-corrected chi connectivity index (χ1v) is 7.05. The van der Waals surface area contributed by atoms with Crippen molar-refractivity contribution in [1.82, 2.24) is 4.98 Å². The number of aromatic nitrogens is 1. The van der Waals surface area contributed by atoms with Gasteiger partial charge in [0, 0.05) is 5.56 Å². The van der Waals surface area contributed by atoms with Crippen molar-refractivity contribution in [3.05, 3.63) is 53.5 Å². The van der Waals surface area contributed by atoms with Gasteiger partial charge in [-0.15, -0.1) is 12.4 Å². The summed E-state index contributed by atoms with van der Waals surface area (Å²) in [6, 6.07) is 6.79. The van der Waals surface area contributed by atoms with E-state index in [1.165, 1.54) is 6.07 Å². The van der Waals surface area contributed by atoms with Gasteiger partial charge in [0.15, 0.2) is 0 Å². The van der Waals surface area contributed by atoms with Gasteiger partial charge >= 0.3 is 0 Å². The molecule has 0 saturated heterocycles. The standard InChI is InChI=1S/C17H17FN2O.ClH/c1-2-14-12(7-9-15(19)20-14)16-13(18)8-6-11-5-3-4-10-21-17(11)16;/h3-4,6-9H,2,5,10H2,1H3,(H2,19,20);1H. The van der Waals surface area contributed by atoms with E-state index in [9.17, 15) is 4.39 Å². The number of anilines is 1. The quantitative estimate of drug-likeness (QED) is 0.852. The van der Waals surface area contributed by atoms with Crippen LogP contribution in [0.3, 0.4) is 0 Å². The van der Waals surface area contributed by atoms with Crippen molar-refractivity contribution in [3.8, 4) is 16.9 Å². The highest BCUT2D eigenvalue weighted by Crippen LogP contribution is 2.38. The third-order valence-electron chi connectivity index (χ3n) is 3.62.